The Morgan fingerprint density at radius 2 is 1.96 bits per heavy atom. The van der Waals surface area contributed by atoms with E-state index in [4.69, 9.17) is 16.3 Å². The fourth-order valence-electron chi connectivity index (χ4n) is 2.91. The molecule has 9 heteroatoms. The molecule has 0 saturated heterocycles. The van der Waals surface area contributed by atoms with Crippen molar-refractivity contribution in [1.29, 1.82) is 5.26 Å². The van der Waals surface area contributed by atoms with E-state index in [-0.39, 0.29) is 10.6 Å². The number of halogens is 4. The average Bonchev–Trinajstić information content (AvgIpc) is 2.65. The summed E-state index contributed by atoms with van der Waals surface area (Å²) in [6.07, 6.45) is 1.15. The molecule has 0 bridgehead atoms. The number of ether oxygens (including phenoxy) is 1. The number of nitriles is 1. The first-order valence-electron chi connectivity index (χ1n) is 8.59. The lowest BCUT2D eigenvalue weighted by Crippen LogP contribution is -2.49. The van der Waals surface area contributed by atoms with Crippen LogP contribution >= 0.6 is 11.6 Å². The summed E-state index contributed by atoms with van der Waals surface area (Å²) < 4.78 is 43.0. The summed E-state index contributed by atoms with van der Waals surface area (Å²) in [7, 11) is 0. The molecule has 2 rings (SSSR count). The maximum atomic E-state index is 12.7. The van der Waals surface area contributed by atoms with Crippen LogP contribution in [0.15, 0.2) is 24.3 Å². The molecule has 1 aromatic rings. The van der Waals surface area contributed by atoms with Crippen molar-refractivity contribution in [2.24, 2.45) is 0 Å². The van der Waals surface area contributed by atoms with Gasteiger partial charge in [0.25, 0.3) is 5.91 Å². The molecule has 150 valence electrons. The number of benzene rings is 1. The monoisotopic (exact) mass is 414 g/mol. The number of esters is 1. The Morgan fingerprint density at radius 1 is 1.29 bits per heavy atom. The zero-order chi connectivity index (χ0) is 20.8. The molecule has 0 aliphatic heterocycles. The number of alkyl halides is 3. The van der Waals surface area contributed by atoms with Crippen LogP contribution in [0.1, 0.15) is 43.2 Å². The number of nitrogens with zero attached hydrogens (tertiary/aromatic N) is 1. The fourth-order valence-corrected chi connectivity index (χ4v) is 3.09. The van der Waals surface area contributed by atoms with Crippen LogP contribution in [0.3, 0.4) is 0 Å². The van der Waals surface area contributed by atoms with Crippen LogP contribution in [0, 0.1) is 11.3 Å². The molecule has 0 spiro atoms. The van der Waals surface area contributed by atoms with Crippen LogP contribution in [0.2, 0.25) is 5.02 Å². The van der Waals surface area contributed by atoms with Crippen molar-refractivity contribution in [3.05, 3.63) is 40.4 Å². The van der Waals surface area contributed by atoms with Crippen LogP contribution in [-0.2, 0) is 20.5 Å². The predicted molar refractivity (Wildman–Crippen MR) is 96.0 cm³/mol. The summed E-state index contributed by atoms with van der Waals surface area (Å²) >= 11 is 5.83. The van der Waals surface area contributed by atoms with Gasteiger partial charge in [-0.3, -0.25) is 4.79 Å². The zero-order valence-corrected chi connectivity index (χ0v) is 15.6. The lowest BCUT2D eigenvalue weighted by molar-refractivity contribution is -0.144. The number of nitrogens with one attached hydrogen (secondary N) is 1. The minimum absolute atomic E-state index is 0.0106. The van der Waals surface area contributed by atoms with Gasteiger partial charge >= 0.3 is 12.1 Å². The molecule has 28 heavy (non-hydrogen) atoms. The normalized spacial score (nSPS) is 16.4. The van der Waals surface area contributed by atoms with Gasteiger partial charge in [0.05, 0.1) is 11.6 Å². The van der Waals surface area contributed by atoms with Crippen LogP contribution in [0.4, 0.5) is 13.2 Å². The molecular formula is C19H18ClF3N2O3. The fraction of sp³-hybridized carbons (Fsp3) is 0.421. The van der Waals surface area contributed by atoms with Gasteiger partial charge in [0.1, 0.15) is 5.54 Å². The Bertz CT molecular complexity index is 810. The maximum absolute atomic E-state index is 12.7. The zero-order valence-electron chi connectivity index (χ0n) is 14.8. The molecule has 0 aromatic heterocycles. The molecule has 1 N–H and O–H groups in total. The predicted octanol–water partition coefficient (Wildman–Crippen LogP) is 4.26. The summed E-state index contributed by atoms with van der Waals surface area (Å²) in [5.41, 5.74) is -1.86. The molecule has 0 heterocycles. The van der Waals surface area contributed by atoms with E-state index in [2.05, 4.69) is 11.4 Å². The van der Waals surface area contributed by atoms with Crippen LogP contribution in [0.5, 0.6) is 0 Å². The second-order valence-electron chi connectivity index (χ2n) is 6.48. The van der Waals surface area contributed by atoms with Crippen molar-refractivity contribution in [2.45, 2.75) is 43.8 Å². The molecule has 1 aliphatic carbocycles. The SMILES string of the molecule is N#CC1(NC(=O)COC(=O)/C=C/c2cc(C(F)(F)F)ccc2Cl)CCCCC1. The van der Waals surface area contributed by atoms with Gasteiger partial charge in [0, 0.05) is 11.1 Å². The van der Waals surface area contributed by atoms with Crippen molar-refractivity contribution in [2.75, 3.05) is 6.61 Å². The smallest absolute Gasteiger partial charge is 0.416 e. The largest absolute Gasteiger partial charge is 0.452 e. The summed E-state index contributed by atoms with van der Waals surface area (Å²) in [6, 6.07) is 4.83. The first kappa shape index (κ1) is 21.8. The Labute approximate surface area is 165 Å². The van der Waals surface area contributed by atoms with Crippen LogP contribution in [0.25, 0.3) is 6.08 Å². The summed E-state index contributed by atoms with van der Waals surface area (Å²) in [4.78, 5) is 23.7. The van der Waals surface area contributed by atoms with Crippen molar-refractivity contribution in [3.8, 4) is 6.07 Å². The molecule has 0 radical (unpaired) electrons. The third kappa shape index (κ3) is 5.99. The van der Waals surface area contributed by atoms with Gasteiger partial charge in [0.15, 0.2) is 6.61 Å². The summed E-state index contributed by atoms with van der Waals surface area (Å²) in [6.45, 7) is -0.594. The molecule has 1 aliphatic rings. The van der Waals surface area contributed by atoms with E-state index in [0.29, 0.717) is 12.8 Å². The van der Waals surface area contributed by atoms with Gasteiger partial charge in [-0.1, -0.05) is 30.9 Å². The Kier molecular flexibility index (Phi) is 7.08. The molecule has 1 saturated carbocycles. The van der Waals surface area contributed by atoms with E-state index in [1.807, 2.05) is 0 Å². The van der Waals surface area contributed by atoms with Gasteiger partial charge in [-0.15, -0.1) is 0 Å². The van der Waals surface area contributed by atoms with E-state index >= 15 is 0 Å². The standard InChI is InChI=1S/C19H18ClF3N2O3/c20-15-6-5-14(19(21,22)23)10-13(15)4-7-17(27)28-11-16(26)25-18(12-24)8-2-1-3-9-18/h4-7,10H,1-3,8-9,11H2,(H,25,26)/b7-4+. The van der Waals surface area contributed by atoms with Crippen molar-refractivity contribution < 1.29 is 27.5 Å². The number of hydrogen-bond donors (Lipinski definition) is 1. The van der Waals surface area contributed by atoms with E-state index < -0.39 is 35.8 Å². The Hall–Kier alpha value is -2.53. The number of amides is 1. The number of hydrogen-bond acceptors (Lipinski definition) is 4. The van der Waals surface area contributed by atoms with Gasteiger partial charge < -0.3 is 10.1 Å². The van der Waals surface area contributed by atoms with Gasteiger partial charge in [-0.25, -0.2) is 4.79 Å². The molecule has 1 amide bonds. The number of carbonyl (C=O) groups excluding carboxylic acids is 2. The van der Waals surface area contributed by atoms with E-state index in [0.717, 1.165) is 49.6 Å². The lowest BCUT2D eigenvalue weighted by Gasteiger charge is -2.31. The second-order valence-corrected chi connectivity index (χ2v) is 6.89. The molecule has 1 aromatic carbocycles. The summed E-state index contributed by atoms with van der Waals surface area (Å²) in [5.74, 6) is -1.53. The molecule has 0 unspecified atom stereocenters. The topological polar surface area (TPSA) is 79.2 Å². The quantitative estimate of drug-likeness (QED) is 0.576. The summed E-state index contributed by atoms with van der Waals surface area (Å²) in [5, 5.41) is 11.9. The number of carbonyl (C=O) groups is 2. The lowest BCUT2D eigenvalue weighted by atomic mass is 9.83. The first-order valence-corrected chi connectivity index (χ1v) is 8.97. The second kappa shape index (κ2) is 9.11. The highest BCUT2D eigenvalue weighted by molar-refractivity contribution is 6.32. The van der Waals surface area contributed by atoms with Gasteiger partial charge in [-0.2, -0.15) is 18.4 Å². The molecule has 1 fully saturated rings. The third-order valence-electron chi connectivity index (χ3n) is 4.37. The van der Waals surface area contributed by atoms with Gasteiger partial charge in [-0.05, 0) is 42.7 Å². The highest BCUT2D eigenvalue weighted by atomic mass is 35.5. The minimum atomic E-state index is -4.54. The average molecular weight is 415 g/mol. The minimum Gasteiger partial charge on any atom is -0.452 e. The maximum Gasteiger partial charge on any atom is 0.416 e. The molecule has 0 atom stereocenters. The van der Waals surface area contributed by atoms with E-state index in [1.54, 1.807) is 0 Å². The van der Waals surface area contributed by atoms with Crippen molar-refractivity contribution in [1.82, 2.24) is 5.32 Å². The van der Waals surface area contributed by atoms with Crippen LogP contribution < -0.4 is 5.32 Å². The van der Waals surface area contributed by atoms with Crippen LogP contribution in [-0.4, -0.2) is 24.0 Å². The number of rotatable bonds is 5. The molecule has 5 nitrogen and oxygen atoms in total. The van der Waals surface area contributed by atoms with Gasteiger partial charge in [0.2, 0.25) is 0 Å². The van der Waals surface area contributed by atoms with E-state index in [1.165, 1.54) is 0 Å². The third-order valence-corrected chi connectivity index (χ3v) is 4.71. The van der Waals surface area contributed by atoms with Crippen molar-refractivity contribution in [3.63, 3.8) is 0 Å². The van der Waals surface area contributed by atoms with E-state index in [9.17, 15) is 28.0 Å². The molecular weight excluding hydrogens is 397 g/mol. The Balaban J connectivity index is 1.92. The highest BCUT2D eigenvalue weighted by Gasteiger charge is 2.33. The highest BCUT2D eigenvalue weighted by Crippen LogP contribution is 2.32. The van der Waals surface area contributed by atoms with Crippen molar-refractivity contribution >= 4 is 29.6 Å². The Morgan fingerprint density at radius 3 is 2.57 bits per heavy atom. The first-order chi connectivity index (χ1) is 13.1.